The van der Waals surface area contributed by atoms with Crippen LogP contribution in [0.5, 0.6) is 0 Å². The first-order chi connectivity index (χ1) is 10.1. The molecule has 1 aromatic carbocycles. The molecule has 0 fully saturated rings. The van der Waals surface area contributed by atoms with Crippen molar-refractivity contribution >= 4 is 39.7 Å². The van der Waals surface area contributed by atoms with E-state index < -0.39 is 0 Å². The molecule has 0 aliphatic carbocycles. The Bertz CT molecular complexity index is 637. The third-order valence-electron chi connectivity index (χ3n) is 2.52. The highest BCUT2D eigenvalue weighted by molar-refractivity contribution is 7.17. The number of aromatic nitrogens is 1. The van der Waals surface area contributed by atoms with Gasteiger partial charge in [0.2, 0.25) is 5.91 Å². The standard InChI is InChI=1S/C14H16N4O2S/c1-3-15-14-16-8-12(21-14)13(20)18-11-6-4-10(5-7-11)17-9(2)19/h4-8H,3H2,1-2H3,(H,15,16)(H,17,19)(H,18,20). The summed E-state index contributed by atoms with van der Waals surface area (Å²) in [6, 6.07) is 6.92. The van der Waals surface area contributed by atoms with Crippen LogP contribution >= 0.6 is 11.3 Å². The second-order valence-electron chi connectivity index (χ2n) is 4.27. The molecule has 0 unspecified atom stereocenters. The molecular weight excluding hydrogens is 288 g/mol. The van der Waals surface area contributed by atoms with Gasteiger partial charge in [-0.05, 0) is 31.2 Å². The van der Waals surface area contributed by atoms with E-state index in [9.17, 15) is 9.59 Å². The number of amides is 2. The normalized spacial score (nSPS) is 10.0. The van der Waals surface area contributed by atoms with Crippen molar-refractivity contribution in [3.05, 3.63) is 35.3 Å². The molecule has 1 heterocycles. The lowest BCUT2D eigenvalue weighted by atomic mass is 10.2. The Morgan fingerprint density at radius 3 is 2.33 bits per heavy atom. The topological polar surface area (TPSA) is 83.1 Å². The third-order valence-corrected chi connectivity index (χ3v) is 3.47. The van der Waals surface area contributed by atoms with Crippen LogP contribution in [0.3, 0.4) is 0 Å². The molecule has 2 rings (SSSR count). The van der Waals surface area contributed by atoms with Crippen LogP contribution in [-0.4, -0.2) is 23.3 Å². The predicted molar refractivity (Wildman–Crippen MR) is 85.0 cm³/mol. The van der Waals surface area contributed by atoms with Gasteiger partial charge in [0.15, 0.2) is 5.13 Å². The molecule has 110 valence electrons. The van der Waals surface area contributed by atoms with Gasteiger partial charge in [-0.1, -0.05) is 11.3 Å². The molecule has 0 aliphatic rings. The lowest BCUT2D eigenvalue weighted by Crippen LogP contribution is -2.10. The highest BCUT2D eigenvalue weighted by Crippen LogP contribution is 2.20. The van der Waals surface area contributed by atoms with Crippen LogP contribution in [0.25, 0.3) is 0 Å². The van der Waals surface area contributed by atoms with Crippen LogP contribution < -0.4 is 16.0 Å². The summed E-state index contributed by atoms with van der Waals surface area (Å²) in [6.07, 6.45) is 1.55. The van der Waals surface area contributed by atoms with E-state index in [-0.39, 0.29) is 11.8 Å². The molecule has 0 saturated heterocycles. The van der Waals surface area contributed by atoms with E-state index in [1.165, 1.54) is 18.3 Å². The molecule has 0 radical (unpaired) electrons. The van der Waals surface area contributed by atoms with Crippen molar-refractivity contribution in [1.29, 1.82) is 0 Å². The average molecular weight is 304 g/mol. The molecular formula is C14H16N4O2S. The van der Waals surface area contributed by atoms with Crippen molar-refractivity contribution in [2.24, 2.45) is 0 Å². The summed E-state index contributed by atoms with van der Waals surface area (Å²) in [5.41, 5.74) is 1.35. The summed E-state index contributed by atoms with van der Waals surface area (Å²) in [5.74, 6) is -0.337. The number of hydrogen-bond donors (Lipinski definition) is 3. The summed E-state index contributed by atoms with van der Waals surface area (Å²) in [5, 5.41) is 9.24. The molecule has 0 aliphatic heterocycles. The highest BCUT2D eigenvalue weighted by atomic mass is 32.1. The van der Waals surface area contributed by atoms with E-state index in [0.29, 0.717) is 16.3 Å². The smallest absolute Gasteiger partial charge is 0.267 e. The van der Waals surface area contributed by atoms with Gasteiger partial charge >= 0.3 is 0 Å². The summed E-state index contributed by atoms with van der Waals surface area (Å²) in [6.45, 7) is 4.18. The maximum Gasteiger partial charge on any atom is 0.267 e. The van der Waals surface area contributed by atoms with Crippen LogP contribution in [0.4, 0.5) is 16.5 Å². The molecule has 2 amide bonds. The quantitative estimate of drug-likeness (QED) is 0.793. The van der Waals surface area contributed by atoms with Crippen LogP contribution in [0.1, 0.15) is 23.5 Å². The summed E-state index contributed by atoms with van der Waals surface area (Å²) >= 11 is 1.31. The van der Waals surface area contributed by atoms with E-state index in [0.717, 1.165) is 11.7 Å². The van der Waals surface area contributed by atoms with Gasteiger partial charge < -0.3 is 16.0 Å². The minimum atomic E-state index is -0.205. The monoisotopic (exact) mass is 304 g/mol. The van der Waals surface area contributed by atoms with E-state index in [2.05, 4.69) is 20.9 Å². The van der Waals surface area contributed by atoms with Crippen molar-refractivity contribution in [2.75, 3.05) is 22.5 Å². The van der Waals surface area contributed by atoms with Gasteiger partial charge in [-0.3, -0.25) is 9.59 Å². The van der Waals surface area contributed by atoms with Crippen molar-refractivity contribution in [3.8, 4) is 0 Å². The first-order valence-corrected chi connectivity index (χ1v) is 7.29. The zero-order chi connectivity index (χ0) is 15.2. The van der Waals surface area contributed by atoms with E-state index in [1.807, 2.05) is 6.92 Å². The summed E-state index contributed by atoms with van der Waals surface area (Å²) < 4.78 is 0. The van der Waals surface area contributed by atoms with Gasteiger partial charge in [-0.25, -0.2) is 4.98 Å². The maximum atomic E-state index is 12.1. The second kappa shape index (κ2) is 6.85. The Hall–Kier alpha value is -2.41. The number of hydrogen-bond acceptors (Lipinski definition) is 5. The third kappa shape index (κ3) is 4.28. The van der Waals surface area contributed by atoms with Crippen molar-refractivity contribution in [1.82, 2.24) is 4.98 Å². The molecule has 6 nitrogen and oxygen atoms in total. The minimum absolute atomic E-state index is 0.132. The SMILES string of the molecule is CCNc1ncc(C(=O)Nc2ccc(NC(C)=O)cc2)s1. The van der Waals surface area contributed by atoms with E-state index in [1.54, 1.807) is 30.5 Å². The van der Waals surface area contributed by atoms with Crippen molar-refractivity contribution < 1.29 is 9.59 Å². The second-order valence-corrected chi connectivity index (χ2v) is 5.30. The molecule has 0 saturated carbocycles. The maximum absolute atomic E-state index is 12.1. The molecule has 0 atom stereocenters. The zero-order valence-corrected chi connectivity index (χ0v) is 12.6. The molecule has 3 N–H and O–H groups in total. The van der Waals surface area contributed by atoms with Crippen molar-refractivity contribution in [3.63, 3.8) is 0 Å². The Kier molecular flexibility index (Phi) is 4.89. The first kappa shape index (κ1) is 15.0. The van der Waals surface area contributed by atoms with Gasteiger partial charge in [-0.2, -0.15) is 0 Å². The average Bonchev–Trinajstić information content (AvgIpc) is 2.89. The van der Waals surface area contributed by atoms with Crippen LogP contribution in [-0.2, 0) is 4.79 Å². The predicted octanol–water partition coefficient (Wildman–Crippen LogP) is 2.79. The van der Waals surface area contributed by atoms with Gasteiger partial charge in [0.1, 0.15) is 4.88 Å². The fourth-order valence-electron chi connectivity index (χ4n) is 1.64. The Morgan fingerprint density at radius 2 is 1.76 bits per heavy atom. The molecule has 0 spiro atoms. The number of anilines is 3. The lowest BCUT2D eigenvalue weighted by Gasteiger charge is -2.05. The first-order valence-electron chi connectivity index (χ1n) is 6.47. The lowest BCUT2D eigenvalue weighted by molar-refractivity contribution is -0.114. The fraction of sp³-hybridized carbons (Fsp3) is 0.214. The van der Waals surface area contributed by atoms with Gasteiger partial charge in [-0.15, -0.1) is 0 Å². The van der Waals surface area contributed by atoms with E-state index in [4.69, 9.17) is 0 Å². The number of nitrogens with one attached hydrogen (secondary N) is 3. The Labute approximate surface area is 126 Å². The van der Waals surface area contributed by atoms with Crippen LogP contribution in [0.15, 0.2) is 30.5 Å². The van der Waals surface area contributed by atoms with Gasteiger partial charge in [0, 0.05) is 24.8 Å². The largest absolute Gasteiger partial charge is 0.362 e. The molecule has 2 aromatic rings. The molecule has 0 bridgehead atoms. The van der Waals surface area contributed by atoms with Crippen molar-refractivity contribution in [2.45, 2.75) is 13.8 Å². The molecule has 1 aromatic heterocycles. The van der Waals surface area contributed by atoms with Crippen LogP contribution in [0.2, 0.25) is 0 Å². The number of carbonyl (C=O) groups excluding carboxylic acids is 2. The van der Waals surface area contributed by atoms with Crippen LogP contribution in [0, 0.1) is 0 Å². The molecule has 21 heavy (non-hydrogen) atoms. The van der Waals surface area contributed by atoms with Gasteiger partial charge in [0.05, 0.1) is 6.20 Å². The Balaban J connectivity index is 1.99. The summed E-state index contributed by atoms with van der Waals surface area (Å²) in [4.78, 5) is 27.6. The number of nitrogens with zero attached hydrogens (tertiary/aromatic N) is 1. The number of thiazole rings is 1. The Morgan fingerprint density at radius 1 is 1.14 bits per heavy atom. The molecule has 7 heteroatoms. The number of rotatable bonds is 5. The summed E-state index contributed by atoms with van der Waals surface area (Å²) in [7, 11) is 0. The fourth-order valence-corrected chi connectivity index (χ4v) is 2.42. The minimum Gasteiger partial charge on any atom is -0.362 e. The number of benzene rings is 1. The van der Waals surface area contributed by atoms with E-state index >= 15 is 0 Å². The van der Waals surface area contributed by atoms with Gasteiger partial charge in [0.25, 0.3) is 5.91 Å². The highest BCUT2D eigenvalue weighted by Gasteiger charge is 2.10. The zero-order valence-electron chi connectivity index (χ0n) is 11.8. The number of carbonyl (C=O) groups is 2.